The smallest absolute Gasteiger partial charge is 0.147 e. The third-order valence-corrected chi connectivity index (χ3v) is 3.68. The quantitative estimate of drug-likeness (QED) is 0.311. The minimum absolute atomic E-state index is 0.0590. The van der Waals surface area contributed by atoms with E-state index < -0.39 is 0 Å². The molecule has 1 unspecified atom stereocenters. The van der Waals surface area contributed by atoms with Crippen LogP contribution in [0.4, 0.5) is 0 Å². The Labute approximate surface area is 108 Å². The number of amidine groups is 1. The molecule has 1 aliphatic carbocycles. The molecule has 1 aromatic carbocycles. The van der Waals surface area contributed by atoms with E-state index in [0.29, 0.717) is 0 Å². The van der Waals surface area contributed by atoms with E-state index >= 15 is 0 Å². The van der Waals surface area contributed by atoms with Gasteiger partial charge in [0.2, 0.25) is 0 Å². The summed E-state index contributed by atoms with van der Waals surface area (Å²) in [5.74, 6) is 1.02. The summed E-state index contributed by atoms with van der Waals surface area (Å²) in [4.78, 5) is 0. The van der Waals surface area contributed by atoms with Crippen LogP contribution in [-0.4, -0.2) is 24.1 Å². The van der Waals surface area contributed by atoms with Crippen molar-refractivity contribution < 1.29 is 5.21 Å². The molecule has 0 aromatic heterocycles. The molecule has 0 heterocycles. The minimum atomic E-state index is -0.0590. The molecule has 4 heteroatoms. The van der Waals surface area contributed by atoms with E-state index in [-0.39, 0.29) is 11.8 Å². The zero-order chi connectivity index (χ0) is 12.8. The Bertz CT molecular complexity index is 387. The van der Waals surface area contributed by atoms with Crippen molar-refractivity contribution in [2.45, 2.75) is 25.2 Å². The van der Waals surface area contributed by atoms with Crippen molar-refractivity contribution in [3.63, 3.8) is 0 Å². The molecule has 4 N–H and O–H groups in total. The van der Waals surface area contributed by atoms with Gasteiger partial charge in [-0.05, 0) is 30.9 Å². The van der Waals surface area contributed by atoms with E-state index in [4.69, 9.17) is 10.9 Å². The van der Waals surface area contributed by atoms with Crippen LogP contribution in [0.1, 0.15) is 30.7 Å². The summed E-state index contributed by atoms with van der Waals surface area (Å²) in [7, 11) is 0. The highest BCUT2D eigenvalue weighted by Crippen LogP contribution is 2.25. The van der Waals surface area contributed by atoms with Gasteiger partial charge in [-0.25, -0.2) is 0 Å². The van der Waals surface area contributed by atoms with Gasteiger partial charge in [0.15, 0.2) is 0 Å². The Morgan fingerprint density at radius 2 is 2.11 bits per heavy atom. The third-order valence-electron chi connectivity index (χ3n) is 3.68. The molecular weight excluding hydrogens is 226 g/mol. The van der Waals surface area contributed by atoms with Gasteiger partial charge in [-0.2, -0.15) is 0 Å². The summed E-state index contributed by atoms with van der Waals surface area (Å²) in [5.41, 5.74) is 6.85. The molecule has 1 fully saturated rings. The molecule has 1 aromatic rings. The van der Waals surface area contributed by atoms with Crippen LogP contribution in [0.3, 0.4) is 0 Å². The van der Waals surface area contributed by atoms with Gasteiger partial charge in [0.25, 0.3) is 0 Å². The number of benzene rings is 1. The Morgan fingerprint density at radius 3 is 2.67 bits per heavy atom. The maximum absolute atomic E-state index is 8.87. The standard InChI is InChI=1S/C14H21N3O/c15-14(17-18)13(12-7-2-1-3-8-12)10-16-9-11-5-4-6-11/h1-3,7-8,11,13,16,18H,4-6,9-10H2,(H2,15,17). The highest BCUT2D eigenvalue weighted by molar-refractivity contribution is 5.87. The highest BCUT2D eigenvalue weighted by Gasteiger charge is 2.19. The van der Waals surface area contributed by atoms with Crippen LogP contribution < -0.4 is 11.1 Å². The minimum Gasteiger partial charge on any atom is -0.409 e. The van der Waals surface area contributed by atoms with Gasteiger partial charge in [0.1, 0.15) is 5.84 Å². The normalized spacial score (nSPS) is 18.3. The first-order chi connectivity index (χ1) is 8.81. The van der Waals surface area contributed by atoms with E-state index in [9.17, 15) is 0 Å². The summed E-state index contributed by atoms with van der Waals surface area (Å²) in [6.45, 7) is 1.75. The predicted octanol–water partition coefficient (Wildman–Crippen LogP) is 1.91. The van der Waals surface area contributed by atoms with Crippen LogP contribution in [0, 0.1) is 5.92 Å². The largest absolute Gasteiger partial charge is 0.409 e. The lowest BCUT2D eigenvalue weighted by Gasteiger charge is -2.26. The Kier molecular flexibility index (Phi) is 4.59. The molecule has 1 atom stereocenters. The van der Waals surface area contributed by atoms with E-state index in [1.807, 2.05) is 30.3 Å². The summed E-state index contributed by atoms with van der Waals surface area (Å²) in [6, 6.07) is 9.92. The van der Waals surface area contributed by atoms with Crippen LogP contribution in [0.2, 0.25) is 0 Å². The summed E-state index contributed by atoms with van der Waals surface area (Å²) in [5, 5.41) is 15.4. The molecule has 18 heavy (non-hydrogen) atoms. The second kappa shape index (κ2) is 6.40. The van der Waals surface area contributed by atoms with Crippen molar-refractivity contribution in [3.8, 4) is 0 Å². The average molecular weight is 247 g/mol. The van der Waals surface area contributed by atoms with Gasteiger partial charge < -0.3 is 16.3 Å². The molecule has 0 aliphatic heterocycles. The SMILES string of the molecule is NC(=NO)C(CNCC1CCC1)c1ccccc1. The third kappa shape index (κ3) is 3.23. The summed E-state index contributed by atoms with van der Waals surface area (Å²) >= 11 is 0. The predicted molar refractivity (Wildman–Crippen MR) is 72.8 cm³/mol. The van der Waals surface area contributed by atoms with Crippen molar-refractivity contribution in [1.29, 1.82) is 0 Å². The zero-order valence-corrected chi connectivity index (χ0v) is 10.5. The fourth-order valence-corrected chi connectivity index (χ4v) is 2.28. The zero-order valence-electron chi connectivity index (χ0n) is 10.5. The molecule has 1 aliphatic rings. The number of oxime groups is 1. The van der Waals surface area contributed by atoms with Crippen LogP contribution >= 0.6 is 0 Å². The van der Waals surface area contributed by atoms with Gasteiger partial charge in [-0.1, -0.05) is 41.9 Å². The van der Waals surface area contributed by atoms with Gasteiger partial charge >= 0.3 is 0 Å². The van der Waals surface area contributed by atoms with Crippen molar-refractivity contribution in [2.75, 3.05) is 13.1 Å². The molecule has 2 rings (SSSR count). The Morgan fingerprint density at radius 1 is 1.39 bits per heavy atom. The molecule has 0 saturated heterocycles. The van der Waals surface area contributed by atoms with E-state index in [1.54, 1.807) is 0 Å². The molecule has 4 nitrogen and oxygen atoms in total. The topological polar surface area (TPSA) is 70.6 Å². The molecule has 0 bridgehead atoms. The van der Waals surface area contributed by atoms with Crippen molar-refractivity contribution >= 4 is 5.84 Å². The van der Waals surface area contributed by atoms with Gasteiger partial charge in [-0.15, -0.1) is 0 Å². The lowest BCUT2D eigenvalue weighted by Crippen LogP contribution is -2.35. The summed E-state index contributed by atoms with van der Waals surface area (Å²) < 4.78 is 0. The van der Waals surface area contributed by atoms with E-state index in [0.717, 1.165) is 24.6 Å². The van der Waals surface area contributed by atoms with Crippen LogP contribution in [-0.2, 0) is 0 Å². The van der Waals surface area contributed by atoms with E-state index in [1.165, 1.54) is 19.3 Å². The van der Waals surface area contributed by atoms with Gasteiger partial charge in [0.05, 0.1) is 5.92 Å². The maximum atomic E-state index is 8.87. The molecule has 0 radical (unpaired) electrons. The first-order valence-electron chi connectivity index (χ1n) is 6.54. The highest BCUT2D eigenvalue weighted by atomic mass is 16.4. The Balaban J connectivity index is 1.92. The molecular formula is C14H21N3O. The second-order valence-electron chi connectivity index (χ2n) is 4.94. The monoisotopic (exact) mass is 247 g/mol. The molecule has 1 saturated carbocycles. The summed E-state index contributed by atoms with van der Waals surface area (Å²) in [6.07, 6.45) is 4.01. The number of hydrogen-bond acceptors (Lipinski definition) is 3. The molecule has 0 amide bonds. The lowest BCUT2D eigenvalue weighted by atomic mass is 9.85. The second-order valence-corrected chi connectivity index (χ2v) is 4.94. The Hall–Kier alpha value is -1.55. The van der Waals surface area contributed by atoms with Crippen molar-refractivity contribution in [1.82, 2.24) is 5.32 Å². The van der Waals surface area contributed by atoms with Crippen molar-refractivity contribution in [3.05, 3.63) is 35.9 Å². The van der Waals surface area contributed by atoms with Crippen LogP contribution in [0.15, 0.2) is 35.5 Å². The fourth-order valence-electron chi connectivity index (χ4n) is 2.28. The first-order valence-corrected chi connectivity index (χ1v) is 6.54. The number of hydrogen-bond donors (Lipinski definition) is 3. The number of nitrogens with two attached hydrogens (primary N) is 1. The van der Waals surface area contributed by atoms with Crippen LogP contribution in [0.5, 0.6) is 0 Å². The lowest BCUT2D eigenvalue weighted by molar-refractivity contribution is 0.300. The molecule has 0 spiro atoms. The average Bonchev–Trinajstić information content (AvgIpc) is 2.37. The maximum Gasteiger partial charge on any atom is 0.147 e. The van der Waals surface area contributed by atoms with Gasteiger partial charge in [0, 0.05) is 6.54 Å². The molecule has 98 valence electrons. The number of nitrogens with zero attached hydrogens (tertiary/aromatic N) is 1. The van der Waals surface area contributed by atoms with Crippen LogP contribution in [0.25, 0.3) is 0 Å². The fraction of sp³-hybridized carbons (Fsp3) is 0.500. The van der Waals surface area contributed by atoms with Crippen molar-refractivity contribution in [2.24, 2.45) is 16.8 Å². The number of nitrogens with one attached hydrogen (secondary N) is 1. The van der Waals surface area contributed by atoms with Gasteiger partial charge in [-0.3, -0.25) is 0 Å². The number of rotatable bonds is 6. The van der Waals surface area contributed by atoms with E-state index in [2.05, 4.69) is 10.5 Å². The first kappa shape index (κ1) is 12.9.